The summed E-state index contributed by atoms with van der Waals surface area (Å²) in [7, 11) is 0. The summed E-state index contributed by atoms with van der Waals surface area (Å²) in [6, 6.07) is 0.551. The Bertz CT molecular complexity index is 174. The van der Waals surface area contributed by atoms with Gasteiger partial charge in [0.05, 0.1) is 12.7 Å². The van der Waals surface area contributed by atoms with Gasteiger partial charge in [-0.15, -0.1) is 0 Å². The van der Waals surface area contributed by atoms with Gasteiger partial charge in [0, 0.05) is 19.2 Å². The molecule has 0 radical (unpaired) electrons. The van der Waals surface area contributed by atoms with Crippen LogP contribution in [0.2, 0.25) is 0 Å². The first kappa shape index (κ1) is 17.9. The molecule has 18 heavy (non-hydrogen) atoms. The molecule has 0 fully saturated rings. The number of ether oxygens (including phenoxy) is 1. The van der Waals surface area contributed by atoms with E-state index < -0.39 is 0 Å². The lowest BCUT2D eigenvalue weighted by molar-refractivity contribution is 0.0247. The maximum Gasteiger partial charge on any atom is 0.0897 e. The van der Waals surface area contributed by atoms with Gasteiger partial charge >= 0.3 is 0 Å². The minimum Gasteiger partial charge on any atom is -0.389 e. The predicted molar refractivity (Wildman–Crippen MR) is 77.9 cm³/mol. The first-order valence-corrected chi connectivity index (χ1v) is 7.59. The monoisotopic (exact) mass is 259 g/mol. The van der Waals surface area contributed by atoms with Crippen molar-refractivity contribution in [2.24, 2.45) is 5.92 Å². The van der Waals surface area contributed by atoms with Gasteiger partial charge in [0.15, 0.2) is 0 Å². The minimum atomic E-state index is -0.385. The number of aliphatic hydroxyl groups excluding tert-OH is 1. The van der Waals surface area contributed by atoms with Gasteiger partial charge in [-0.05, 0) is 18.8 Å². The molecule has 0 heterocycles. The minimum absolute atomic E-state index is 0.385. The average Bonchev–Trinajstić information content (AvgIpc) is 2.32. The molecule has 0 aromatic heterocycles. The van der Waals surface area contributed by atoms with E-state index in [1.165, 1.54) is 32.1 Å². The molecule has 0 bridgehead atoms. The van der Waals surface area contributed by atoms with E-state index in [2.05, 4.69) is 33.0 Å². The Morgan fingerprint density at radius 2 is 1.78 bits per heavy atom. The molecule has 0 aliphatic rings. The highest BCUT2D eigenvalue weighted by atomic mass is 16.5. The first-order valence-electron chi connectivity index (χ1n) is 7.59. The van der Waals surface area contributed by atoms with Crippen LogP contribution in [0.1, 0.15) is 59.8 Å². The smallest absolute Gasteiger partial charge is 0.0897 e. The second-order valence-electron chi connectivity index (χ2n) is 5.62. The summed E-state index contributed by atoms with van der Waals surface area (Å²) < 4.78 is 5.44. The number of unbranched alkanes of at least 4 members (excludes halogenated alkanes) is 1. The number of nitrogens with one attached hydrogen (secondary N) is 1. The SMILES string of the molecule is CCCCC(CCC)NCC(O)COCC(C)C. The van der Waals surface area contributed by atoms with Crippen molar-refractivity contribution < 1.29 is 9.84 Å². The average molecular weight is 259 g/mol. The zero-order valence-corrected chi connectivity index (χ0v) is 12.7. The van der Waals surface area contributed by atoms with Gasteiger partial charge in [-0.2, -0.15) is 0 Å². The lowest BCUT2D eigenvalue weighted by Crippen LogP contribution is -2.37. The zero-order valence-electron chi connectivity index (χ0n) is 12.7. The second kappa shape index (κ2) is 11.9. The van der Waals surface area contributed by atoms with Gasteiger partial charge in [0.2, 0.25) is 0 Å². The number of hydrogen-bond donors (Lipinski definition) is 2. The lowest BCUT2D eigenvalue weighted by atomic mass is 10.1. The standard InChI is InChI=1S/C15H33NO2/c1-5-7-9-14(8-6-2)16-10-15(17)12-18-11-13(3)4/h13-17H,5-12H2,1-4H3. The summed E-state index contributed by atoms with van der Waals surface area (Å²) in [4.78, 5) is 0. The Morgan fingerprint density at radius 3 is 2.33 bits per heavy atom. The van der Waals surface area contributed by atoms with E-state index in [1.807, 2.05) is 0 Å². The maximum atomic E-state index is 9.82. The third kappa shape index (κ3) is 11.0. The fraction of sp³-hybridized carbons (Fsp3) is 1.00. The molecule has 0 saturated carbocycles. The fourth-order valence-corrected chi connectivity index (χ4v) is 1.95. The molecule has 0 aromatic carbocycles. The van der Waals surface area contributed by atoms with Gasteiger partial charge in [0.25, 0.3) is 0 Å². The lowest BCUT2D eigenvalue weighted by Gasteiger charge is -2.20. The van der Waals surface area contributed by atoms with Gasteiger partial charge < -0.3 is 15.2 Å². The van der Waals surface area contributed by atoms with Crippen molar-refractivity contribution in [2.75, 3.05) is 19.8 Å². The number of rotatable bonds is 12. The topological polar surface area (TPSA) is 41.5 Å². The molecule has 0 aliphatic heterocycles. The van der Waals surface area contributed by atoms with Crippen molar-refractivity contribution in [3.05, 3.63) is 0 Å². The van der Waals surface area contributed by atoms with Gasteiger partial charge in [-0.1, -0.05) is 47.0 Å². The molecule has 0 amide bonds. The van der Waals surface area contributed by atoms with E-state index in [-0.39, 0.29) is 6.10 Å². The summed E-state index contributed by atoms with van der Waals surface area (Å²) in [6.07, 6.45) is 5.72. The highest BCUT2D eigenvalue weighted by molar-refractivity contribution is 4.69. The Labute approximate surface area is 113 Å². The van der Waals surface area contributed by atoms with Crippen molar-refractivity contribution in [1.29, 1.82) is 0 Å². The van der Waals surface area contributed by atoms with Crippen LogP contribution in [0.15, 0.2) is 0 Å². The normalized spacial score (nSPS) is 15.0. The Hall–Kier alpha value is -0.120. The van der Waals surface area contributed by atoms with Crippen molar-refractivity contribution in [3.63, 3.8) is 0 Å². The molecule has 0 spiro atoms. The van der Waals surface area contributed by atoms with Crippen LogP contribution in [0, 0.1) is 5.92 Å². The van der Waals surface area contributed by atoms with Gasteiger partial charge in [0.1, 0.15) is 0 Å². The van der Waals surface area contributed by atoms with Crippen LogP contribution in [0.5, 0.6) is 0 Å². The molecule has 0 rings (SSSR count). The van der Waals surface area contributed by atoms with E-state index in [4.69, 9.17) is 4.74 Å². The van der Waals surface area contributed by atoms with E-state index in [0.717, 1.165) is 6.61 Å². The summed E-state index contributed by atoms with van der Waals surface area (Å²) in [5.74, 6) is 0.530. The van der Waals surface area contributed by atoms with Crippen molar-refractivity contribution in [3.8, 4) is 0 Å². The summed E-state index contributed by atoms with van der Waals surface area (Å²) >= 11 is 0. The summed E-state index contributed by atoms with van der Waals surface area (Å²) in [5.41, 5.74) is 0. The van der Waals surface area contributed by atoms with Gasteiger partial charge in [-0.3, -0.25) is 0 Å². The van der Waals surface area contributed by atoms with E-state index >= 15 is 0 Å². The van der Waals surface area contributed by atoms with Crippen LogP contribution >= 0.6 is 0 Å². The molecule has 2 atom stereocenters. The van der Waals surface area contributed by atoms with Crippen LogP contribution in [-0.4, -0.2) is 37.0 Å². The van der Waals surface area contributed by atoms with Crippen LogP contribution in [0.4, 0.5) is 0 Å². The quantitative estimate of drug-likeness (QED) is 0.566. The molecular formula is C15H33NO2. The van der Waals surface area contributed by atoms with E-state index in [1.54, 1.807) is 0 Å². The molecule has 3 nitrogen and oxygen atoms in total. The highest BCUT2D eigenvalue weighted by Crippen LogP contribution is 2.06. The Balaban J connectivity index is 3.66. The van der Waals surface area contributed by atoms with Crippen LogP contribution < -0.4 is 5.32 Å². The molecule has 2 unspecified atom stereocenters. The van der Waals surface area contributed by atoms with Crippen molar-refractivity contribution in [1.82, 2.24) is 5.32 Å². The van der Waals surface area contributed by atoms with E-state index in [9.17, 15) is 5.11 Å². The maximum absolute atomic E-state index is 9.82. The predicted octanol–water partition coefficient (Wildman–Crippen LogP) is 2.97. The molecule has 0 aromatic rings. The molecule has 3 heteroatoms. The molecule has 0 saturated heterocycles. The largest absolute Gasteiger partial charge is 0.389 e. The Morgan fingerprint density at radius 1 is 1.06 bits per heavy atom. The number of hydrogen-bond acceptors (Lipinski definition) is 3. The number of aliphatic hydroxyl groups is 1. The third-order valence-electron chi connectivity index (χ3n) is 2.95. The molecule has 0 aliphatic carbocycles. The zero-order chi connectivity index (χ0) is 13.8. The molecule has 2 N–H and O–H groups in total. The Kier molecular flexibility index (Phi) is 11.9. The van der Waals surface area contributed by atoms with Crippen LogP contribution in [0.3, 0.4) is 0 Å². The van der Waals surface area contributed by atoms with Gasteiger partial charge in [-0.25, -0.2) is 0 Å². The third-order valence-corrected chi connectivity index (χ3v) is 2.95. The molecular weight excluding hydrogens is 226 g/mol. The first-order chi connectivity index (χ1) is 8.60. The summed E-state index contributed by atoms with van der Waals surface area (Å²) in [5, 5.41) is 13.3. The van der Waals surface area contributed by atoms with Crippen LogP contribution in [-0.2, 0) is 4.74 Å². The fourth-order valence-electron chi connectivity index (χ4n) is 1.95. The van der Waals surface area contributed by atoms with Crippen molar-refractivity contribution >= 4 is 0 Å². The molecule has 110 valence electrons. The second-order valence-corrected chi connectivity index (χ2v) is 5.62. The highest BCUT2D eigenvalue weighted by Gasteiger charge is 2.10. The van der Waals surface area contributed by atoms with Crippen molar-refractivity contribution in [2.45, 2.75) is 71.9 Å². The van der Waals surface area contributed by atoms with Crippen LogP contribution in [0.25, 0.3) is 0 Å². The van der Waals surface area contributed by atoms with E-state index in [0.29, 0.717) is 25.1 Å². The summed E-state index contributed by atoms with van der Waals surface area (Å²) in [6.45, 7) is 10.5.